The van der Waals surface area contributed by atoms with Gasteiger partial charge in [0, 0.05) is 12.6 Å². The number of aromatic carboxylic acids is 1. The first-order chi connectivity index (χ1) is 9.50. The molecule has 0 unspecified atom stereocenters. The van der Waals surface area contributed by atoms with Gasteiger partial charge in [-0.15, -0.1) is 0 Å². The first-order valence-corrected chi connectivity index (χ1v) is 5.92. The van der Waals surface area contributed by atoms with Crippen molar-refractivity contribution in [3.05, 3.63) is 54.1 Å². The van der Waals surface area contributed by atoms with Crippen LogP contribution in [0.5, 0.6) is 5.75 Å². The minimum absolute atomic E-state index is 0.0391. The third-order valence-electron chi connectivity index (χ3n) is 2.79. The van der Waals surface area contributed by atoms with Crippen LogP contribution in [0.25, 0.3) is 0 Å². The van der Waals surface area contributed by atoms with Gasteiger partial charge < -0.3 is 10.2 Å². The molecule has 0 heterocycles. The summed E-state index contributed by atoms with van der Waals surface area (Å²) in [6.07, 6.45) is 0. The fourth-order valence-electron chi connectivity index (χ4n) is 1.91. The molecule has 102 valence electrons. The number of phenolic OH excluding ortho intramolecular Hbond substituents is 1. The van der Waals surface area contributed by atoms with Crippen molar-refractivity contribution >= 4 is 23.3 Å². The van der Waals surface area contributed by atoms with Crippen molar-refractivity contribution in [3.63, 3.8) is 0 Å². The van der Waals surface area contributed by atoms with E-state index in [9.17, 15) is 14.7 Å². The molecule has 0 saturated carbocycles. The largest absolute Gasteiger partial charge is 0.506 e. The maximum atomic E-state index is 11.8. The number of nitrogens with zero attached hydrogens (tertiary/aromatic N) is 1. The highest BCUT2D eigenvalue weighted by molar-refractivity contribution is 6.01. The number of aromatic hydroxyl groups is 1. The molecule has 0 bridgehead atoms. The van der Waals surface area contributed by atoms with Gasteiger partial charge in [-0.05, 0) is 30.3 Å². The number of amides is 1. The zero-order chi connectivity index (χ0) is 14.7. The normalized spacial score (nSPS) is 10.1. The minimum Gasteiger partial charge on any atom is -0.506 e. The molecule has 0 spiro atoms. The quantitative estimate of drug-likeness (QED) is 0.899. The Labute approximate surface area is 115 Å². The molecule has 2 aromatic rings. The monoisotopic (exact) mass is 271 g/mol. The van der Waals surface area contributed by atoms with Crippen LogP contribution < -0.4 is 4.90 Å². The highest BCUT2D eigenvalue weighted by Crippen LogP contribution is 2.33. The summed E-state index contributed by atoms with van der Waals surface area (Å²) >= 11 is 0. The summed E-state index contributed by atoms with van der Waals surface area (Å²) < 4.78 is 0. The van der Waals surface area contributed by atoms with E-state index < -0.39 is 5.97 Å². The minimum atomic E-state index is -1.14. The van der Waals surface area contributed by atoms with Crippen LogP contribution in [0.1, 0.15) is 17.3 Å². The van der Waals surface area contributed by atoms with E-state index in [2.05, 4.69) is 0 Å². The zero-order valence-corrected chi connectivity index (χ0v) is 10.8. The van der Waals surface area contributed by atoms with E-state index in [1.165, 1.54) is 24.0 Å². The maximum Gasteiger partial charge on any atom is 0.335 e. The Balaban J connectivity index is 2.51. The Kier molecular flexibility index (Phi) is 3.70. The lowest BCUT2D eigenvalue weighted by Gasteiger charge is -2.22. The van der Waals surface area contributed by atoms with Crippen molar-refractivity contribution in [2.45, 2.75) is 6.92 Å². The number of rotatable bonds is 3. The fraction of sp³-hybridized carbons (Fsp3) is 0.0667. The second-order valence-corrected chi connectivity index (χ2v) is 4.20. The Hall–Kier alpha value is -2.82. The molecule has 0 radical (unpaired) electrons. The third-order valence-corrected chi connectivity index (χ3v) is 2.79. The van der Waals surface area contributed by atoms with Gasteiger partial charge in [0.25, 0.3) is 0 Å². The molecule has 0 aliphatic heterocycles. The number of carboxylic acid groups (broad SMARTS) is 1. The van der Waals surface area contributed by atoms with E-state index in [1.807, 2.05) is 6.07 Å². The van der Waals surface area contributed by atoms with E-state index in [1.54, 1.807) is 24.3 Å². The van der Waals surface area contributed by atoms with Crippen molar-refractivity contribution in [1.29, 1.82) is 0 Å². The van der Waals surface area contributed by atoms with Crippen molar-refractivity contribution < 1.29 is 19.8 Å². The van der Waals surface area contributed by atoms with Crippen LogP contribution in [0.3, 0.4) is 0 Å². The number of carboxylic acids is 1. The number of carbonyl (C=O) groups excluding carboxylic acids is 1. The number of para-hydroxylation sites is 1. The second kappa shape index (κ2) is 5.44. The number of anilines is 2. The molecule has 20 heavy (non-hydrogen) atoms. The van der Waals surface area contributed by atoms with Crippen molar-refractivity contribution in [3.8, 4) is 5.75 Å². The first kappa shape index (κ1) is 13.6. The molecular weight excluding hydrogens is 258 g/mol. The lowest BCUT2D eigenvalue weighted by atomic mass is 10.1. The Morgan fingerprint density at radius 3 is 2.20 bits per heavy atom. The predicted octanol–water partition coefficient (Wildman–Crippen LogP) is 2.78. The average molecular weight is 271 g/mol. The zero-order valence-electron chi connectivity index (χ0n) is 10.8. The van der Waals surface area contributed by atoms with Gasteiger partial charge in [0.1, 0.15) is 5.75 Å². The molecule has 0 aromatic heterocycles. The van der Waals surface area contributed by atoms with E-state index in [0.717, 1.165) is 6.07 Å². The molecule has 2 rings (SSSR count). The summed E-state index contributed by atoms with van der Waals surface area (Å²) in [5, 5.41) is 18.8. The van der Waals surface area contributed by atoms with Gasteiger partial charge in [-0.3, -0.25) is 9.69 Å². The lowest BCUT2D eigenvalue weighted by Crippen LogP contribution is -2.22. The fourth-order valence-corrected chi connectivity index (χ4v) is 1.91. The van der Waals surface area contributed by atoms with E-state index in [0.29, 0.717) is 5.69 Å². The second-order valence-electron chi connectivity index (χ2n) is 4.20. The number of benzene rings is 2. The lowest BCUT2D eigenvalue weighted by molar-refractivity contribution is -0.115. The molecule has 0 aliphatic carbocycles. The van der Waals surface area contributed by atoms with Gasteiger partial charge in [-0.1, -0.05) is 18.2 Å². The molecule has 0 saturated heterocycles. The van der Waals surface area contributed by atoms with Crippen molar-refractivity contribution in [2.75, 3.05) is 4.90 Å². The summed E-state index contributed by atoms with van der Waals surface area (Å²) in [6.45, 7) is 1.37. The predicted molar refractivity (Wildman–Crippen MR) is 74.3 cm³/mol. The van der Waals surface area contributed by atoms with Crippen LogP contribution in [-0.2, 0) is 4.79 Å². The molecule has 2 N–H and O–H groups in total. The standard InChI is InChI=1S/C15H13NO4/c1-10(17)16(12-5-3-2-4-6-12)13-8-7-11(15(19)20)9-14(13)18/h2-9,18H,1H3,(H,19,20). The summed E-state index contributed by atoms with van der Waals surface area (Å²) in [7, 11) is 0. The Morgan fingerprint density at radius 2 is 1.70 bits per heavy atom. The number of carbonyl (C=O) groups is 2. The summed E-state index contributed by atoms with van der Waals surface area (Å²) in [5.74, 6) is -1.68. The molecule has 2 aromatic carbocycles. The van der Waals surface area contributed by atoms with Crippen LogP contribution in [0, 0.1) is 0 Å². The van der Waals surface area contributed by atoms with Gasteiger partial charge in [-0.2, -0.15) is 0 Å². The molecule has 5 heteroatoms. The molecule has 0 atom stereocenters. The van der Waals surface area contributed by atoms with Crippen LogP contribution in [0.4, 0.5) is 11.4 Å². The van der Waals surface area contributed by atoms with E-state index >= 15 is 0 Å². The topological polar surface area (TPSA) is 77.8 Å². The molecular formula is C15H13NO4. The van der Waals surface area contributed by atoms with Crippen LogP contribution >= 0.6 is 0 Å². The van der Waals surface area contributed by atoms with E-state index in [-0.39, 0.29) is 22.9 Å². The Bertz CT molecular complexity index is 652. The van der Waals surface area contributed by atoms with E-state index in [4.69, 9.17) is 5.11 Å². The van der Waals surface area contributed by atoms with Gasteiger partial charge in [0.15, 0.2) is 0 Å². The SMILES string of the molecule is CC(=O)N(c1ccccc1)c1ccc(C(=O)O)cc1O. The van der Waals surface area contributed by atoms with Gasteiger partial charge in [-0.25, -0.2) is 4.79 Å². The molecule has 1 amide bonds. The summed E-state index contributed by atoms with van der Waals surface area (Å²) in [5.41, 5.74) is 0.801. The summed E-state index contributed by atoms with van der Waals surface area (Å²) in [4.78, 5) is 24.0. The maximum absolute atomic E-state index is 11.8. The van der Waals surface area contributed by atoms with Crippen molar-refractivity contribution in [2.24, 2.45) is 0 Å². The number of hydrogen-bond donors (Lipinski definition) is 2. The highest BCUT2D eigenvalue weighted by atomic mass is 16.4. The summed E-state index contributed by atoms with van der Waals surface area (Å²) in [6, 6.07) is 12.7. The third kappa shape index (κ3) is 2.61. The van der Waals surface area contributed by atoms with Gasteiger partial charge in [0.05, 0.1) is 11.3 Å². The average Bonchev–Trinajstić information content (AvgIpc) is 2.41. The molecule has 5 nitrogen and oxygen atoms in total. The van der Waals surface area contributed by atoms with Crippen LogP contribution in [0.15, 0.2) is 48.5 Å². The van der Waals surface area contributed by atoms with Crippen LogP contribution in [0.2, 0.25) is 0 Å². The van der Waals surface area contributed by atoms with Gasteiger partial charge in [0.2, 0.25) is 5.91 Å². The van der Waals surface area contributed by atoms with Crippen LogP contribution in [-0.4, -0.2) is 22.1 Å². The molecule has 0 aliphatic rings. The highest BCUT2D eigenvalue weighted by Gasteiger charge is 2.18. The first-order valence-electron chi connectivity index (χ1n) is 5.92. The number of phenols is 1. The smallest absolute Gasteiger partial charge is 0.335 e. The van der Waals surface area contributed by atoms with Gasteiger partial charge >= 0.3 is 5.97 Å². The molecule has 0 fully saturated rings. The van der Waals surface area contributed by atoms with Crippen molar-refractivity contribution in [1.82, 2.24) is 0 Å². The Morgan fingerprint density at radius 1 is 1.05 bits per heavy atom. The number of hydrogen-bond acceptors (Lipinski definition) is 3.